The summed E-state index contributed by atoms with van der Waals surface area (Å²) in [4.78, 5) is 10.8. The van der Waals surface area contributed by atoms with E-state index < -0.39 is 0 Å². The lowest BCUT2D eigenvalue weighted by atomic mass is 10.2. The summed E-state index contributed by atoms with van der Waals surface area (Å²) >= 11 is 0. The standard InChI is InChI=1S/C9H13NO2/c1-2-3-9(12)10-6-8(11)7-4-5-7/h7-8,11H,4-6H2,1H3,(H,10,12). The predicted molar refractivity (Wildman–Crippen MR) is 45.2 cm³/mol. The van der Waals surface area contributed by atoms with E-state index in [2.05, 4.69) is 17.2 Å². The molecule has 1 saturated carbocycles. The van der Waals surface area contributed by atoms with Crippen LogP contribution in [0.25, 0.3) is 0 Å². The second-order valence-electron chi connectivity index (χ2n) is 2.99. The van der Waals surface area contributed by atoms with E-state index in [-0.39, 0.29) is 12.0 Å². The molecule has 1 aliphatic carbocycles. The Hall–Kier alpha value is -1.01. The smallest absolute Gasteiger partial charge is 0.295 e. The molecule has 12 heavy (non-hydrogen) atoms. The second-order valence-corrected chi connectivity index (χ2v) is 2.99. The van der Waals surface area contributed by atoms with E-state index in [0.29, 0.717) is 12.5 Å². The highest BCUT2D eigenvalue weighted by Crippen LogP contribution is 2.32. The number of aliphatic hydroxyl groups excluding tert-OH is 1. The number of carbonyl (C=O) groups excluding carboxylic acids is 1. The maximum absolute atomic E-state index is 10.8. The number of amides is 1. The third-order valence-electron chi connectivity index (χ3n) is 1.88. The summed E-state index contributed by atoms with van der Waals surface area (Å²) in [6, 6.07) is 0. The molecule has 3 nitrogen and oxygen atoms in total. The number of aliphatic hydroxyl groups is 1. The van der Waals surface area contributed by atoms with Gasteiger partial charge in [0.25, 0.3) is 5.91 Å². The number of carbonyl (C=O) groups is 1. The van der Waals surface area contributed by atoms with Gasteiger partial charge in [0.1, 0.15) is 0 Å². The van der Waals surface area contributed by atoms with Gasteiger partial charge in [0.05, 0.1) is 6.10 Å². The SMILES string of the molecule is CC#CC(=O)NCC(O)C1CC1. The molecule has 1 aliphatic rings. The highest BCUT2D eigenvalue weighted by Gasteiger charge is 2.29. The lowest BCUT2D eigenvalue weighted by Crippen LogP contribution is -2.32. The first-order valence-corrected chi connectivity index (χ1v) is 4.12. The van der Waals surface area contributed by atoms with Crippen LogP contribution < -0.4 is 5.32 Å². The third kappa shape index (κ3) is 2.93. The largest absolute Gasteiger partial charge is 0.391 e. The minimum absolute atomic E-state index is 0.308. The molecule has 0 heterocycles. The van der Waals surface area contributed by atoms with Crippen LogP contribution in [-0.2, 0) is 4.79 Å². The van der Waals surface area contributed by atoms with Gasteiger partial charge in [-0.3, -0.25) is 4.79 Å². The van der Waals surface area contributed by atoms with Crippen LogP contribution in [-0.4, -0.2) is 23.7 Å². The molecule has 0 bridgehead atoms. The van der Waals surface area contributed by atoms with Crippen molar-refractivity contribution >= 4 is 5.91 Å². The summed E-state index contributed by atoms with van der Waals surface area (Å²) in [5.74, 6) is 4.94. The van der Waals surface area contributed by atoms with E-state index in [1.807, 2.05) is 0 Å². The van der Waals surface area contributed by atoms with Crippen molar-refractivity contribution in [1.82, 2.24) is 5.32 Å². The molecule has 1 rings (SSSR count). The van der Waals surface area contributed by atoms with Crippen molar-refractivity contribution in [2.24, 2.45) is 5.92 Å². The van der Waals surface area contributed by atoms with E-state index in [0.717, 1.165) is 12.8 Å². The highest BCUT2D eigenvalue weighted by molar-refractivity contribution is 5.93. The fourth-order valence-electron chi connectivity index (χ4n) is 1.00. The lowest BCUT2D eigenvalue weighted by molar-refractivity contribution is -0.116. The predicted octanol–water partition coefficient (Wildman–Crippen LogP) is -0.103. The Labute approximate surface area is 72.2 Å². The molecule has 0 aromatic rings. The molecule has 1 amide bonds. The Kier molecular flexibility index (Phi) is 3.12. The Morgan fingerprint density at radius 3 is 2.92 bits per heavy atom. The monoisotopic (exact) mass is 167 g/mol. The number of rotatable bonds is 3. The van der Waals surface area contributed by atoms with Gasteiger partial charge in [-0.05, 0) is 31.6 Å². The number of hydrogen-bond donors (Lipinski definition) is 2. The van der Waals surface area contributed by atoms with E-state index in [9.17, 15) is 9.90 Å². The van der Waals surface area contributed by atoms with Crippen molar-refractivity contribution in [3.8, 4) is 11.8 Å². The van der Waals surface area contributed by atoms with Crippen LogP contribution in [0.5, 0.6) is 0 Å². The number of hydrogen-bond acceptors (Lipinski definition) is 2. The van der Waals surface area contributed by atoms with Crippen LogP contribution in [0.2, 0.25) is 0 Å². The minimum atomic E-state index is -0.382. The van der Waals surface area contributed by atoms with Gasteiger partial charge in [-0.1, -0.05) is 5.92 Å². The van der Waals surface area contributed by atoms with Crippen molar-refractivity contribution in [3.05, 3.63) is 0 Å². The van der Waals surface area contributed by atoms with Gasteiger partial charge in [-0.25, -0.2) is 0 Å². The first-order chi connectivity index (χ1) is 5.74. The third-order valence-corrected chi connectivity index (χ3v) is 1.88. The van der Waals surface area contributed by atoms with Crippen molar-refractivity contribution in [1.29, 1.82) is 0 Å². The van der Waals surface area contributed by atoms with Crippen LogP contribution in [0.4, 0.5) is 0 Å². The van der Waals surface area contributed by atoms with Crippen LogP contribution in [0.3, 0.4) is 0 Å². The zero-order valence-electron chi connectivity index (χ0n) is 7.13. The quantitative estimate of drug-likeness (QED) is 0.576. The molecular formula is C9H13NO2. The molecule has 1 fully saturated rings. The Morgan fingerprint density at radius 1 is 1.75 bits per heavy atom. The van der Waals surface area contributed by atoms with Gasteiger partial charge >= 0.3 is 0 Å². The first-order valence-electron chi connectivity index (χ1n) is 4.12. The molecule has 0 aromatic heterocycles. The Morgan fingerprint density at radius 2 is 2.42 bits per heavy atom. The van der Waals surface area contributed by atoms with Gasteiger partial charge in [0.15, 0.2) is 0 Å². The second kappa shape index (κ2) is 4.13. The molecule has 0 aromatic carbocycles. The average molecular weight is 167 g/mol. The normalized spacial score (nSPS) is 17.5. The van der Waals surface area contributed by atoms with Crippen LogP contribution >= 0.6 is 0 Å². The Balaban J connectivity index is 2.14. The summed E-state index contributed by atoms with van der Waals surface area (Å²) in [5, 5.41) is 11.9. The van der Waals surface area contributed by atoms with E-state index in [1.165, 1.54) is 0 Å². The van der Waals surface area contributed by atoms with E-state index in [1.54, 1.807) is 6.92 Å². The molecular weight excluding hydrogens is 154 g/mol. The molecule has 0 aliphatic heterocycles. The zero-order chi connectivity index (χ0) is 8.97. The van der Waals surface area contributed by atoms with E-state index in [4.69, 9.17) is 0 Å². The van der Waals surface area contributed by atoms with Crippen LogP contribution in [0.15, 0.2) is 0 Å². The molecule has 1 atom stereocenters. The fourth-order valence-corrected chi connectivity index (χ4v) is 1.00. The summed E-state index contributed by atoms with van der Waals surface area (Å²) in [5.41, 5.74) is 0. The van der Waals surface area contributed by atoms with Crippen molar-refractivity contribution in [3.63, 3.8) is 0 Å². The molecule has 3 heteroatoms. The fraction of sp³-hybridized carbons (Fsp3) is 0.667. The zero-order valence-corrected chi connectivity index (χ0v) is 7.13. The van der Waals surface area contributed by atoms with Crippen LogP contribution in [0, 0.1) is 17.8 Å². The van der Waals surface area contributed by atoms with Gasteiger partial charge in [-0.2, -0.15) is 0 Å². The van der Waals surface area contributed by atoms with Gasteiger partial charge in [0, 0.05) is 6.54 Å². The maximum Gasteiger partial charge on any atom is 0.295 e. The Bertz CT molecular complexity index is 222. The average Bonchev–Trinajstić information content (AvgIpc) is 2.83. The molecule has 0 radical (unpaired) electrons. The van der Waals surface area contributed by atoms with Crippen molar-refractivity contribution < 1.29 is 9.90 Å². The van der Waals surface area contributed by atoms with Gasteiger partial charge in [0.2, 0.25) is 0 Å². The lowest BCUT2D eigenvalue weighted by Gasteiger charge is -2.07. The first kappa shape index (κ1) is 9.08. The van der Waals surface area contributed by atoms with Crippen molar-refractivity contribution in [2.75, 3.05) is 6.54 Å². The maximum atomic E-state index is 10.8. The molecule has 0 spiro atoms. The summed E-state index contributed by atoms with van der Waals surface area (Å²) in [6.07, 6.45) is 1.78. The van der Waals surface area contributed by atoms with Crippen LogP contribution in [0.1, 0.15) is 19.8 Å². The van der Waals surface area contributed by atoms with Gasteiger partial charge in [-0.15, -0.1) is 0 Å². The van der Waals surface area contributed by atoms with E-state index >= 15 is 0 Å². The molecule has 0 saturated heterocycles. The summed E-state index contributed by atoms with van der Waals surface area (Å²) < 4.78 is 0. The molecule has 66 valence electrons. The van der Waals surface area contributed by atoms with Crippen molar-refractivity contribution in [2.45, 2.75) is 25.9 Å². The number of nitrogens with one attached hydrogen (secondary N) is 1. The molecule has 1 unspecified atom stereocenters. The van der Waals surface area contributed by atoms with Gasteiger partial charge < -0.3 is 10.4 Å². The minimum Gasteiger partial charge on any atom is -0.391 e. The summed E-state index contributed by atoms with van der Waals surface area (Å²) in [6.45, 7) is 1.94. The molecule has 2 N–H and O–H groups in total. The highest BCUT2D eigenvalue weighted by atomic mass is 16.3. The summed E-state index contributed by atoms with van der Waals surface area (Å²) in [7, 11) is 0. The topological polar surface area (TPSA) is 49.3 Å².